The molecule has 1 aliphatic heterocycles. The van der Waals surface area contributed by atoms with Crippen LogP contribution < -0.4 is 10.6 Å². The summed E-state index contributed by atoms with van der Waals surface area (Å²) in [5, 5.41) is 4.37. The molecule has 0 aliphatic carbocycles. The first-order chi connectivity index (χ1) is 8.50. The van der Waals surface area contributed by atoms with Crippen molar-refractivity contribution < 1.29 is 4.79 Å². The van der Waals surface area contributed by atoms with Crippen molar-refractivity contribution in [2.75, 3.05) is 6.54 Å². The van der Waals surface area contributed by atoms with Crippen LogP contribution in [0.1, 0.15) is 16.7 Å². The molecular weight excluding hydrogens is 265 g/mol. The molecule has 1 aliphatic rings. The summed E-state index contributed by atoms with van der Waals surface area (Å²) in [6.07, 6.45) is 3.61. The second-order valence-electron chi connectivity index (χ2n) is 4.34. The van der Waals surface area contributed by atoms with Gasteiger partial charge in [0, 0.05) is 6.54 Å². The highest BCUT2D eigenvalue weighted by Crippen LogP contribution is 2.25. The van der Waals surface area contributed by atoms with Gasteiger partial charge >= 0.3 is 0 Å². The van der Waals surface area contributed by atoms with E-state index in [2.05, 4.69) is 21.5 Å². The van der Waals surface area contributed by atoms with E-state index < -0.39 is 0 Å². The van der Waals surface area contributed by atoms with Gasteiger partial charge in [0.05, 0.1) is 10.6 Å². The predicted molar refractivity (Wildman–Crippen MR) is 80.2 cm³/mol. The minimum absolute atomic E-state index is 0.127. The first-order valence-electron chi connectivity index (χ1n) is 5.72. The fraction of sp³-hybridized carbons (Fsp3) is 0.214. The van der Waals surface area contributed by atoms with Crippen LogP contribution in [0.15, 0.2) is 29.3 Å². The summed E-state index contributed by atoms with van der Waals surface area (Å²) in [7, 11) is 2.70. The molecule has 1 unspecified atom stereocenters. The summed E-state index contributed by atoms with van der Waals surface area (Å²) in [6.45, 7) is 4.60. The number of carbonyl (C=O) groups excluding carboxylic acids is 1. The maximum atomic E-state index is 12.0. The number of rotatable bonds is 1. The van der Waals surface area contributed by atoms with Crippen LogP contribution in [0.3, 0.4) is 0 Å². The molecule has 1 aromatic rings. The zero-order valence-electron chi connectivity index (χ0n) is 10.4. The van der Waals surface area contributed by atoms with Gasteiger partial charge in [-0.3, -0.25) is 4.79 Å². The molecule has 0 saturated heterocycles. The molecule has 4 heteroatoms. The Bertz CT molecular complexity index is 552. The average Bonchev–Trinajstić information content (AvgIpc) is 2.47. The molecule has 94 valence electrons. The van der Waals surface area contributed by atoms with Crippen molar-refractivity contribution in [2.24, 2.45) is 0 Å². The number of allylic oxidation sites excluding steroid dienone is 2. The molecule has 1 N–H and O–H groups in total. The summed E-state index contributed by atoms with van der Waals surface area (Å²) in [4.78, 5) is 12.0. The molecular formula is C14H15ClNOP. The van der Waals surface area contributed by atoms with Crippen LogP contribution in [0, 0.1) is 13.8 Å². The maximum Gasteiger partial charge on any atom is 0.253 e. The van der Waals surface area contributed by atoms with Gasteiger partial charge in [0.2, 0.25) is 0 Å². The second-order valence-corrected chi connectivity index (χ2v) is 5.37. The van der Waals surface area contributed by atoms with Crippen molar-refractivity contribution >= 4 is 37.6 Å². The molecule has 2 rings (SSSR count). The van der Waals surface area contributed by atoms with Crippen LogP contribution in [0.4, 0.5) is 0 Å². The van der Waals surface area contributed by atoms with Gasteiger partial charge in [-0.15, -0.1) is 9.24 Å². The molecule has 2 nitrogen and oxygen atoms in total. The molecule has 0 spiro atoms. The Morgan fingerprint density at radius 2 is 2.06 bits per heavy atom. The minimum Gasteiger partial charge on any atom is -0.348 e. The first-order valence-corrected chi connectivity index (χ1v) is 6.68. The fourth-order valence-corrected chi connectivity index (χ4v) is 2.59. The molecule has 1 atom stereocenters. The molecule has 18 heavy (non-hydrogen) atoms. The van der Waals surface area contributed by atoms with E-state index in [-0.39, 0.29) is 5.91 Å². The maximum absolute atomic E-state index is 12.0. The number of aryl methyl sites for hydroxylation is 1. The third-order valence-electron chi connectivity index (χ3n) is 3.11. The quantitative estimate of drug-likeness (QED) is 0.786. The van der Waals surface area contributed by atoms with Crippen LogP contribution in [0.5, 0.6) is 0 Å². The Balaban J connectivity index is 2.60. The number of amides is 1. The highest BCUT2D eigenvalue weighted by molar-refractivity contribution is 7.27. The highest BCUT2D eigenvalue weighted by Gasteiger charge is 2.18. The van der Waals surface area contributed by atoms with Crippen LogP contribution >= 0.6 is 20.8 Å². The van der Waals surface area contributed by atoms with Crippen LogP contribution in [-0.2, 0) is 4.79 Å². The number of carbonyl (C=O) groups is 1. The van der Waals surface area contributed by atoms with E-state index in [0.29, 0.717) is 17.2 Å². The van der Waals surface area contributed by atoms with Crippen molar-refractivity contribution in [1.29, 1.82) is 0 Å². The Morgan fingerprint density at radius 3 is 2.72 bits per heavy atom. The summed E-state index contributed by atoms with van der Waals surface area (Å²) >= 11 is 6.19. The van der Waals surface area contributed by atoms with Crippen molar-refractivity contribution in [3.05, 3.63) is 46.0 Å². The number of nitrogens with one attached hydrogen (secondary N) is 1. The van der Waals surface area contributed by atoms with Gasteiger partial charge in [-0.1, -0.05) is 23.7 Å². The van der Waals surface area contributed by atoms with E-state index in [1.165, 1.54) is 5.56 Å². The van der Waals surface area contributed by atoms with E-state index in [1.54, 1.807) is 6.08 Å². The summed E-state index contributed by atoms with van der Waals surface area (Å²) in [6, 6.07) is 3.97. The zero-order chi connectivity index (χ0) is 13.3. The lowest BCUT2D eigenvalue weighted by Crippen LogP contribution is -2.24. The lowest BCUT2D eigenvalue weighted by atomic mass is 9.99. The van der Waals surface area contributed by atoms with E-state index in [1.807, 2.05) is 25.1 Å². The van der Waals surface area contributed by atoms with Crippen LogP contribution in [0.25, 0.3) is 5.57 Å². The number of halogens is 1. The lowest BCUT2D eigenvalue weighted by molar-refractivity contribution is -0.115. The Labute approximate surface area is 114 Å². The number of hydrogen-bond acceptors (Lipinski definition) is 1. The van der Waals surface area contributed by atoms with E-state index in [4.69, 9.17) is 11.6 Å². The Morgan fingerprint density at radius 1 is 1.33 bits per heavy atom. The van der Waals surface area contributed by atoms with Gasteiger partial charge in [0.25, 0.3) is 5.91 Å². The van der Waals surface area contributed by atoms with Crippen molar-refractivity contribution in [1.82, 2.24) is 5.32 Å². The summed E-state index contributed by atoms with van der Waals surface area (Å²) in [5.74, 6) is -0.127. The molecule has 0 fully saturated rings. The zero-order valence-corrected chi connectivity index (χ0v) is 12.3. The largest absolute Gasteiger partial charge is 0.348 e. The standard InChI is InChI=1S/C14H15ClNOP/c1-8-6-10(7-12(18)9(8)2)13-11(15)4-3-5-16-14(13)17/h3-4,6-7H,5,18H2,1-2H3,(H,16,17). The average molecular weight is 280 g/mol. The molecule has 1 heterocycles. The second kappa shape index (κ2) is 5.26. The fourth-order valence-electron chi connectivity index (χ4n) is 1.89. The normalized spacial score (nSPS) is 15.7. The van der Waals surface area contributed by atoms with Gasteiger partial charge in [0.15, 0.2) is 0 Å². The first kappa shape index (κ1) is 13.3. The summed E-state index contributed by atoms with van der Waals surface area (Å²) < 4.78 is 0. The molecule has 0 aromatic heterocycles. The van der Waals surface area contributed by atoms with Gasteiger partial charge in [-0.25, -0.2) is 0 Å². The van der Waals surface area contributed by atoms with Gasteiger partial charge in [-0.05, 0) is 48.0 Å². The van der Waals surface area contributed by atoms with E-state index in [9.17, 15) is 4.79 Å². The third kappa shape index (κ3) is 2.50. The van der Waals surface area contributed by atoms with Crippen molar-refractivity contribution in [3.63, 3.8) is 0 Å². The van der Waals surface area contributed by atoms with E-state index in [0.717, 1.165) is 16.4 Å². The number of benzene rings is 1. The van der Waals surface area contributed by atoms with E-state index >= 15 is 0 Å². The third-order valence-corrected chi connectivity index (χ3v) is 4.02. The van der Waals surface area contributed by atoms with Crippen molar-refractivity contribution in [3.8, 4) is 0 Å². The SMILES string of the molecule is Cc1cc(C2=C(Cl)C=CCNC2=O)cc(P)c1C. The van der Waals surface area contributed by atoms with Crippen molar-refractivity contribution in [2.45, 2.75) is 13.8 Å². The number of hydrogen-bond donors (Lipinski definition) is 1. The predicted octanol–water partition coefficient (Wildman–Crippen LogP) is 2.44. The molecule has 1 amide bonds. The van der Waals surface area contributed by atoms with Crippen LogP contribution in [0.2, 0.25) is 0 Å². The summed E-state index contributed by atoms with van der Waals surface area (Å²) in [5.41, 5.74) is 3.76. The Hall–Kier alpha value is -1.11. The monoisotopic (exact) mass is 279 g/mol. The highest BCUT2D eigenvalue weighted by atomic mass is 35.5. The van der Waals surface area contributed by atoms with Gasteiger partial charge in [0.1, 0.15) is 0 Å². The van der Waals surface area contributed by atoms with Gasteiger partial charge in [-0.2, -0.15) is 0 Å². The molecule has 1 aromatic carbocycles. The topological polar surface area (TPSA) is 29.1 Å². The smallest absolute Gasteiger partial charge is 0.253 e. The van der Waals surface area contributed by atoms with Crippen LogP contribution in [-0.4, -0.2) is 12.5 Å². The molecule has 0 saturated carbocycles. The lowest BCUT2D eigenvalue weighted by Gasteiger charge is -2.12. The molecule has 0 bridgehead atoms. The molecule has 0 radical (unpaired) electrons. The minimum atomic E-state index is -0.127. The van der Waals surface area contributed by atoms with Gasteiger partial charge < -0.3 is 5.32 Å². The Kier molecular flexibility index (Phi) is 3.89.